The molecule has 184 valence electrons. The fourth-order valence-corrected chi connectivity index (χ4v) is 6.09. The molecule has 7 heteroatoms. The van der Waals surface area contributed by atoms with Gasteiger partial charge in [0, 0.05) is 25.0 Å². The molecule has 5 rings (SSSR count). The Labute approximate surface area is 205 Å². The Morgan fingerprint density at radius 3 is 2.20 bits per heavy atom. The Morgan fingerprint density at radius 1 is 0.943 bits per heavy atom. The predicted molar refractivity (Wildman–Crippen MR) is 131 cm³/mol. The minimum atomic E-state index is -0.857. The summed E-state index contributed by atoms with van der Waals surface area (Å²) in [5.74, 6) is -1.88. The normalized spacial score (nSPS) is 25.6. The van der Waals surface area contributed by atoms with Crippen molar-refractivity contribution >= 4 is 18.0 Å². The van der Waals surface area contributed by atoms with Gasteiger partial charge in [-0.1, -0.05) is 68.3 Å². The standard InChI is InChI=1S/C28H32N2O5/c1-17-14-30(15-23(17)27(32)33)26(31)22-12-6-7-13-25(22)29-28(34)35-16-24-20-10-4-2-8-18(20)19-9-3-5-11-21(19)24/h2-5,8-11,17,22-25H,6-7,12-16H2,1H3,(H,29,34)(H,32,33)/t17-,22-,23-,25+/m1/s1. The highest BCUT2D eigenvalue weighted by atomic mass is 16.5. The number of nitrogens with zero attached hydrogens (tertiary/aromatic N) is 1. The van der Waals surface area contributed by atoms with E-state index in [0.29, 0.717) is 19.4 Å². The minimum absolute atomic E-state index is 0.0176. The third-order valence-electron chi connectivity index (χ3n) is 7.97. The number of carbonyl (C=O) groups is 3. The van der Waals surface area contributed by atoms with Crippen molar-refractivity contribution in [2.45, 2.75) is 44.6 Å². The van der Waals surface area contributed by atoms with E-state index in [4.69, 9.17) is 4.74 Å². The summed E-state index contributed by atoms with van der Waals surface area (Å²) in [5, 5.41) is 12.4. The molecular formula is C28H32N2O5. The summed E-state index contributed by atoms with van der Waals surface area (Å²) in [4.78, 5) is 39.3. The number of rotatable bonds is 5. The molecule has 35 heavy (non-hydrogen) atoms. The molecule has 2 amide bonds. The van der Waals surface area contributed by atoms with Crippen molar-refractivity contribution in [1.29, 1.82) is 0 Å². The Bertz CT molecular complexity index is 1090. The van der Waals surface area contributed by atoms with Crippen molar-refractivity contribution in [3.8, 4) is 11.1 Å². The molecule has 0 spiro atoms. The quantitative estimate of drug-likeness (QED) is 0.672. The highest BCUT2D eigenvalue weighted by Crippen LogP contribution is 2.44. The second-order valence-corrected chi connectivity index (χ2v) is 10.1. The first-order chi connectivity index (χ1) is 16.9. The first-order valence-corrected chi connectivity index (χ1v) is 12.6. The summed E-state index contributed by atoms with van der Waals surface area (Å²) in [7, 11) is 0. The van der Waals surface area contributed by atoms with E-state index < -0.39 is 18.0 Å². The third kappa shape index (κ3) is 4.51. The number of amides is 2. The van der Waals surface area contributed by atoms with E-state index in [1.54, 1.807) is 4.90 Å². The van der Waals surface area contributed by atoms with Crippen LogP contribution in [0, 0.1) is 17.8 Å². The van der Waals surface area contributed by atoms with Gasteiger partial charge in [0.1, 0.15) is 6.61 Å². The van der Waals surface area contributed by atoms with Crippen molar-refractivity contribution < 1.29 is 24.2 Å². The number of benzene rings is 2. The van der Waals surface area contributed by atoms with Crippen molar-refractivity contribution in [3.05, 3.63) is 59.7 Å². The lowest BCUT2D eigenvalue weighted by molar-refractivity contribution is -0.142. The van der Waals surface area contributed by atoms with E-state index in [1.165, 1.54) is 11.1 Å². The second kappa shape index (κ2) is 9.72. The monoisotopic (exact) mass is 476 g/mol. The van der Waals surface area contributed by atoms with Crippen LogP contribution < -0.4 is 5.32 Å². The molecule has 0 radical (unpaired) electrons. The summed E-state index contributed by atoms with van der Waals surface area (Å²) in [6, 6.07) is 16.1. The SMILES string of the molecule is C[C@@H]1CN(C(=O)[C@@H]2CCCC[C@@H]2NC(=O)OCC2c3ccccc3-c3ccccc32)C[C@H]1C(=O)O. The third-order valence-corrected chi connectivity index (χ3v) is 7.97. The molecule has 3 aliphatic rings. The van der Waals surface area contributed by atoms with Gasteiger partial charge < -0.3 is 20.1 Å². The van der Waals surface area contributed by atoms with Crippen LogP contribution in [-0.2, 0) is 14.3 Å². The van der Waals surface area contributed by atoms with Gasteiger partial charge in [0.2, 0.25) is 5.91 Å². The van der Waals surface area contributed by atoms with Gasteiger partial charge in [-0.25, -0.2) is 4.79 Å². The first-order valence-electron chi connectivity index (χ1n) is 12.6. The Kier molecular flexibility index (Phi) is 6.50. The van der Waals surface area contributed by atoms with Crippen LogP contribution in [0.3, 0.4) is 0 Å². The van der Waals surface area contributed by atoms with Crippen LogP contribution in [0.25, 0.3) is 11.1 Å². The molecule has 1 saturated heterocycles. The van der Waals surface area contributed by atoms with E-state index in [2.05, 4.69) is 29.6 Å². The molecule has 2 N–H and O–H groups in total. The lowest BCUT2D eigenvalue weighted by Crippen LogP contribution is -2.49. The van der Waals surface area contributed by atoms with Crippen LogP contribution in [0.2, 0.25) is 0 Å². The maximum absolute atomic E-state index is 13.3. The minimum Gasteiger partial charge on any atom is -0.481 e. The summed E-state index contributed by atoms with van der Waals surface area (Å²) in [5.41, 5.74) is 4.66. The van der Waals surface area contributed by atoms with E-state index in [0.717, 1.165) is 24.0 Å². The Morgan fingerprint density at radius 2 is 1.57 bits per heavy atom. The number of likely N-dealkylation sites (tertiary alicyclic amines) is 1. The Balaban J connectivity index is 1.22. The lowest BCUT2D eigenvalue weighted by atomic mass is 9.83. The summed E-state index contributed by atoms with van der Waals surface area (Å²) in [6.45, 7) is 2.79. The lowest BCUT2D eigenvalue weighted by Gasteiger charge is -2.33. The van der Waals surface area contributed by atoms with Crippen LogP contribution in [0.5, 0.6) is 0 Å². The van der Waals surface area contributed by atoms with Gasteiger partial charge in [0.25, 0.3) is 0 Å². The number of hydrogen-bond acceptors (Lipinski definition) is 4. The number of carbonyl (C=O) groups excluding carboxylic acids is 2. The topological polar surface area (TPSA) is 95.9 Å². The molecule has 1 aliphatic heterocycles. The van der Waals surface area contributed by atoms with Gasteiger partial charge in [-0.05, 0) is 41.0 Å². The van der Waals surface area contributed by atoms with Gasteiger partial charge in [0.05, 0.1) is 11.8 Å². The van der Waals surface area contributed by atoms with Gasteiger partial charge in [-0.3, -0.25) is 9.59 Å². The highest BCUT2D eigenvalue weighted by molar-refractivity contribution is 5.83. The van der Waals surface area contributed by atoms with Crippen LogP contribution in [0.1, 0.15) is 49.7 Å². The molecule has 2 aromatic carbocycles. The van der Waals surface area contributed by atoms with Crippen molar-refractivity contribution in [2.75, 3.05) is 19.7 Å². The number of hydrogen-bond donors (Lipinski definition) is 2. The Hall–Kier alpha value is -3.35. The zero-order valence-corrected chi connectivity index (χ0v) is 20.0. The van der Waals surface area contributed by atoms with Gasteiger partial charge in [-0.2, -0.15) is 0 Å². The van der Waals surface area contributed by atoms with Crippen LogP contribution in [-0.4, -0.2) is 53.7 Å². The number of carboxylic acids is 1. The van der Waals surface area contributed by atoms with E-state index in [1.807, 2.05) is 31.2 Å². The van der Waals surface area contributed by atoms with Crippen LogP contribution in [0.4, 0.5) is 4.79 Å². The molecule has 0 unspecified atom stereocenters. The smallest absolute Gasteiger partial charge is 0.407 e. The van der Waals surface area contributed by atoms with Crippen LogP contribution >= 0.6 is 0 Å². The molecule has 7 nitrogen and oxygen atoms in total. The summed E-state index contributed by atoms with van der Waals surface area (Å²) in [6.07, 6.45) is 2.76. The van der Waals surface area contributed by atoms with Crippen molar-refractivity contribution in [1.82, 2.24) is 10.2 Å². The molecule has 1 heterocycles. The summed E-state index contributed by atoms with van der Waals surface area (Å²) >= 11 is 0. The number of ether oxygens (including phenoxy) is 1. The molecule has 2 aliphatic carbocycles. The van der Waals surface area contributed by atoms with E-state index in [-0.39, 0.29) is 42.9 Å². The van der Waals surface area contributed by atoms with Crippen LogP contribution in [0.15, 0.2) is 48.5 Å². The van der Waals surface area contributed by atoms with Gasteiger partial charge in [-0.15, -0.1) is 0 Å². The maximum atomic E-state index is 13.3. The second-order valence-electron chi connectivity index (χ2n) is 10.1. The fraction of sp³-hybridized carbons (Fsp3) is 0.464. The highest BCUT2D eigenvalue weighted by Gasteiger charge is 2.42. The molecule has 0 aromatic heterocycles. The fourth-order valence-electron chi connectivity index (χ4n) is 6.09. The molecular weight excluding hydrogens is 444 g/mol. The van der Waals surface area contributed by atoms with Gasteiger partial charge >= 0.3 is 12.1 Å². The first kappa shape index (κ1) is 23.4. The predicted octanol–water partition coefficient (Wildman–Crippen LogP) is 4.26. The average Bonchev–Trinajstić information content (AvgIpc) is 3.41. The van der Waals surface area contributed by atoms with Gasteiger partial charge in [0.15, 0.2) is 0 Å². The van der Waals surface area contributed by atoms with Crippen molar-refractivity contribution in [3.63, 3.8) is 0 Å². The molecule has 2 aromatic rings. The largest absolute Gasteiger partial charge is 0.481 e. The molecule has 4 atom stereocenters. The number of nitrogens with one attached hydrogen (secondary N) is 1. The summed E-state index contributed by atoms with van der Waals surface area (Å²) < 4.78 is 5.71. The van der Waals surface area contributed by atoms with Crippen molar-refractivity contribution in [2.24, 2.45) is 17.8 Å². The maximum Gasteiger partial charge on any atom is 0.407 e. The molecule has 0 bridgehead atoms. The number of fused-ring (bicyclic) bond motifs is 3. The van der Waals surface area contributed by atoms with E-state index in [9.17, 15) is 19.5 Å². The molecule has 1 saturated carbocycles. The van der Waals surface area contributed by atoms with E-state index >= 15 is 0 Å². The molecule has 2 fully saturated rings. The number of alkyl carbamates (subject to hydrolysis) is 1. The average molecular weight is 477 g/mol. The number of carboxylic acid groups (broad SMARTS) is 1. The zero-order chi connectivity index (χ0) is 24.5. The number of aliphatic carboxylic acids is 1. The zero-order valence-electron chi connectivity index (χ0n) is 20.0.